The van der Waals surface area contributed by atoms with Crippen LogP contribution in [0.15, 0.2) is 18.2 Å². The third kappa shape index (κ3) is 1.82. The van der Waals surface area contributed by atoms with E-state index in [9.17, 15) is 0 Å². The van der Waals surface area contributed by atoms with Crippen LogP contribution in [0.4, 0.5) is 0 Å². The molecule has 1 aromatic carbocycles. The summed E-state index contributed by atoms with van der Waals surface area (Å²) in [5.41, 5.74) is 8.22. The summed E-state index contributed by atoms with van der Waals surface area (Å²) in [6, 6.07) is 7.71. The van der Waals surface area contributed by atoms with Crippen LogP contribution in [0.25, 0.3) is 0 Å². The maximum atomic E-state index is 8.65. The maximum absolute atomic E-state index is 8.65. The minimum Gasteiger partial charge on any atom is -0.412 e. The summed E-state index contributed by atoms with van der Waals surface area (Å²) in [6.45, 7) is 2.42. The molecule has 0 aliphatic rings. The van der Waals surface area contributed by atoms with Crippen molar-refractivity contribution in [3.8, 4) is 6.07 Å². The predicted molar refractivity (Wildman–Crippen MR) is 47.4 cm³/mol. The highest BCUT2D eigenvalue weighted by Crippen LogP contribution is 2.11. The molecule has 64 valence electrons. The van der Waals surface area contributed by atoms with Crippen molar-refractivity contribution >= 4 is 0 Å². The van der Waals surface area contributed by atoms with E-state index in [1.165, 1.54) is 0 Å². The molecule has 3 nitrogen and oxygen atoms in total. The van der Waals surface area contributed by atoms with Crippen LogP contribution in [0.3, 0.4) is 0 Å². The smallest absolute Gasteiger partial charge is 0.0994 e. The van der Waals surface area contributed by atoms with Gasteiger partial charge in [-0.2, -0.15) is 5.26 Å². The quantitative estimate of drug-likeness (QED) is 0.655. The van der Waals surface area contributed by atoms with Crippen molar-refractivity contribution in [1.29, 1.82) is 5.26 Å². The zero-order chi connectivity index (χ0) is 8.27. The first kappa shape index (κ1) is 10.6. The number of hydrogen-bond acceptors (Lipinski definition) is 2. The lowest BCUT2D eigenvalue weighted by atomic mass is 10.0. The minimum absolute atomic E-state index is 0. The number of nitrogens with two attached hydrogens (primary N) is 1. The van der Waals surface area contributed by atoms with E-state index in [1.54, 1.807) is 6.07 Å². The number of nitrogens with zero attached hydrogens (tertiary/aromatic N) is 1. The zero-order valence-corrected chi connectivity index (χ0v) is 6.96. The molecule has 0 radical (unpaired) electrons. The first-order valence-corrected chi connectivity index (χ1v) is 3.48. The van der Waals surface area contributed by atoms with Gasteiger partial charge in [-0.1, -0.05) is 12.1 Å². The van der Waals surface area contributed by atoms with Gasteiger partial charge in [0.2, 0.25) is 0 Å². The normalized spacial score (nSPS) is 8.42. The Bertz CT molecular complexity index is 302. The number of nitriles is 1. The highest BCUT2D eigenvalue weighted by molar-refractivity contribution is 5.41. The molecule has 0 aliphatic heterocycles. The van der Waals surface area contributed by atoms with Crippen molar-refractivity contribution < 1.29 is 5.48 Å². The van der Waals surface area contributed by atoms with E-state index in [1.807, 2.05) is 19.1 Å². The van der Waals surface area contributed by atoms with Crippen molar-refractivity contribution in [3.63, 3.8) is 0 Å². The standard InChI is InChI=1S/C9H10N2.H2O/c1-7-8(5-10)3-2-4-9(7)6-11;/h2-4H,5,10H2,1H3;1H2. The summed E-state index contributed by atoms with van der Waals surface area (Å²) in [6.07, 6.45) is 0. The van der Waals surface area contributed by atoms with Gasteiger partial charge in [0.25, 0.3) is 0 Å². The van der Waals surface area contributed by atoms with Gasteiger partial charge in [-0.05, 0) is 24.1 Å². The largest absolute Gasteiger partial charge is 0.412 e. The molecule has 0 fully saturated rings. The van der Waals surface area contributed by atoms with Gasteiger partial charge in [0, 0.05) is 6.54 Å². The Morgan fingerprint density at radius 3 is 2.67 bits per heavy atom. The summed E-state index contributed by atoms with van der Waals surface area (Å²) in [7, 11) is 0. The molecule has 12 heavy (non-hydrogen) atoms. The number of hydrogen-bond donors (Lipinski definition) is 1. The second-order valence-electron chi connectivity index (χ2n) is 2.41. The van der Waals surface area contributed by atoms with Gasteiger partial charge in [-0.15, -0.1) is 0 Å². The summed E-state index contributed by atoms with van der Waals surface area (Å²) in [5.74, 6) is 0. The van der Waals surface area contributed by atoms with Crippen LogP contribution in [0.1, 0.15) is 16.7 Å². The fraction of sp³-hybridized carbons (Fsp3) is 0.222. The van der Waals surface area contributed by atoms with Crippen LogP contribution in [-0.2, 0) is 6.54 Å². The van der Waals surface area contributed by atoms with E-state index in [-0.39, 0.29) is 5.48 Å². The third-order valence-electron chi connectivity index (χ3n) is 1.79. The summed E-state index contributed by atoms with van der Waals surface area (Å²) in [5, 5.41) is 8.65. The Morgan fingerprint density at radius 2 is 2.17 bits per heavy atom. The molecule has 0 amide bonds. The summed E-state index contributed by atoms with van der Waals surface area (Å²) >= 11 is 0. The van der Waals surface area contributed by atoms with Gasteiger partial charge in [0.1, 0.15) is 0 Å². The van der Waals surface area contributed by atoms with Crippen molar-refractivity contribution in [1.82, 2.24) is 0 Å². The number of rotatable bonds is 1. The van der Waals surface area contributed by atoms with Crippen molar-refractivity contribution in [3.05, 3.63) is 34.9 Å². The zero-order valence-electron chi connectivity index (χ0n) is 6.96. The Kier molecular flexibility index (Phi) is 3.98. The Labute approximate surface area is 71.7 Å². The molecule has 0 aromatic heterocycles. The molecule has 4 N–H and O–H groups in total. The van der Waals surface area contributed by atoms with Gasteiger partial charge < -0.3 is 11.2 Å². The highest BCUT2D eigenvalue weighted by Gasteiger charge is 1.99. The molecular formula is C9H12N2O. The molecule has 0 heterocycles. The van der Waals surface area contributed by atoms with Crippen LogP contribution in [0, 0.1) is 18.3 Å². The van der Waals surface area contributed by atoms with Crippen LogP contribution in [0.2, 0.25) is 0 Å². The highest BCUT2D eigenvalue weighted by atomic mass is 16.0. The van der Waals surface area contributed by atoms with Crippen molar-refractivity contribution in [2.24, 2.45) is 5.73 Å². The lowest BCUT2D eigenvalue weighted by molar-refractivity contribution is 0.824. The Hall–Kier alpha value is -1.37. The minimum atomic E-state index is 0. The van der Waals surface area contributed by atoms with E-state index in [2.05, 4.69) is 6.07 Å². The molecule has 0 unspecified atom stereocenters. The molecule has 0 saturated heterocycles. The van der Waals surface area contributed by atoms with Gasteiger partial charge in [-0.25, -0.2) is 0 Å². The van der Waals surface area contributed by atoms with Gasteiger partial charge in [-0.3, -0.25) is 0 Å². The number of benzene rings is 1. The topological polar surface area (TPSA) is 81.3 Å². The molecule has 0 atom stereocenters. The van der Waals surface area contributed by atoms with E-state index in [0.29, 0.717) is 12.1 Å². The molecular weight excluding hydrogens is 152 g/mol. The van der Waals surface area contributed by atoms with Crippen LogP contribution >= 0.6 is 0 Å². The van der Waals surface area contributed by atoms with E-state index >= 15 is 0 Å². The average molecular weight is 164 g/mol. The fourth-order valence-electron chi connectivity index (χ4n) is 1.03. The lowest BCUT2D eigenvalue weighted by Gasteiger charge is -2.02. The van der Waals surface area contributed by atoms with Gasteiger partial charge in [0.05, 0.1) is 11.6 Å². The molecule has 0 saturated carbocycles. The van der Waals surface area contributed by atoms with Crippen LogP contribution in [0.5, 0.6) is 0 Å². The molecule has 1 aromatic rings. The molecule has 3 heteroatoms. The van der Waals surface area contributed by atoms with Crippen LogP contribution in [-0.4, -0.2) is 5.48 Å². The average Bonchev–Trinajstić information content (AvgIpc) is 2.05. The monoisotopic (exact) mass is 164 g/mol. The van der Waals surface area contributed by atoms with Crippen molar-refractivity contribution in [2.75, 3.05) is 0 Å². The summed E-state index contributed by atoms with van der Waals surface area (Å²) < 4.78 is 0. The van der Waals surface area contributed by atoms with E-state index in [4.69, 9.17) is 11.0 Å². The Balaban J connectivity index is 0.00000121. The maximum Gasteiger partial charge on any atom is 0.0994 e. The second kappa shape index (κ2) is 4.50. The molecule has 0 aliphatic carbocycles. The molecule has 0 bridgehead atoms. The van der Waals surface area contributed by atoms with E-state index < -0.39 is 0 Å². The van der Waals surface area contributed by atoms with Gasteiger partial charge in [0.15, 0.2) is 0 Å². The Morgan fingerprint density at radius 1 is 1.50 bits per heavy atom. The second-order valence-corrected chi connectivity index (χ2v) is 2.41. The molecule has 1 rings (SSSR count). The van der Waals surface area contributed by atoms with Crippen LogP contribution < -0.4 is 5.73 Å². The third-order valence-corrected chi connectivity index (χ3v) is 1.79. The van der Waals surface area contributed by atoms with Gasteiger partial charge >= 0.3 is 0 Å². The predicted octanol–water partition coefficient (Wildman–Crippen LogP) is 0.501. The van der Waals surface area contributed by atoms with E-state index in [0.717, 1.165) is 11.1 Å². The lowest BCUT2D eigenvalue weighted by Crippen LogP contribution is -1.99. The SMILES string of the molecule is Cc1c(C#N)cccc1CN.O. The fourth-order valence-corrected chi connectivity index (χ4v) is 1.03. The molecule has 0 spiro atoms. The summed E-state index contributed by atoms with van der Waals surface area (Å²) in [4.78, 5) is 0. The van der Waals surface area contributed by atoms with Crippen molar-refractivity contribution in [2.45, 2.75) is 13.5 Å². The first-order chi connectivity index (χ1) is 5.29. The first-order valence-electron chi connectivity index (χ1n) is 3.48.